The van der Waals surface area contributed by atoms with Crippen LogP contribution in [0.4, 0.5) is 5.69 Å². The van der Waals surface area contributed by atoms with E-state index in [0.29, 0.717) is 27.8 Å². The molecule has 1 heterocycles. The summed E-state index contributed by atoms with van der Waals surface area (Å²) in [7, 11) is 0. The fourth-order valence-electron chi connectivity index (χ4n) is 6.82. The van der Waals surface area contributed by atoms with E-state index < -0.39 is 0 Å². The number of rotatable bonds is 4. The fourth-order valence-corrected chi connectivity index (χ4v) is 7.16. The van der Waals surface area contributed by atoms with Gasteiger partial charge < -0.3 is 5.32 Å². The number of nitrogens with one attached hydrogen (secondary N) is 1. The van der Waals surface area contributed by atoms with Gasteiger partial charge in [0, 0.05) is 36.7 Å². The SMILES string of the molecule is O=C(CN1CCN(C23CC4CC(CC(C4)C2)C3)CC1)Nc1cc(Cl)ccc1Cl. The van der Waals surface area contributed by atoms with Gasteiger partial charge in [-0.15, -0.1) is 0 Å². The third-order valence-electron chi connectivity index (χ3n) is 7.62. The number of halogens is 2. The van der Waals surface area contributed by atoms with Gasteiger partial charge in [-0.25, -0.2) is 0 Å². The Morgan fingerprint density at radius 3 is 2.21 bits per heavy atom. The molecule has 0 spiro atoms. The third-order valence-corrected chi connectivity index (χ3v) is 8.18. The minimum absolute atomic E-state index is 0.0209. The lowest BCUT2D eigenvalue weighted by molar-refractivity contribution is -0.120. The smallest absolute Gasteiger partial charge is 0.238 e. The number of hydrogen-bond donors (Lipinski definition) is 1. The molecule has 0 atom stereocenters. The van der Waals surface area contributed by atoms with Crippen LogP contribution < -0.4 is 5.32 Å². The number of carbonyl (C=O) groups excluding carboxylic acids is 1. The normalized spacial score (nSPS) is 35.3. The zero-order chi connectivity index (χ0) is 19.3. The zero-order valence-corrected chi connectivity index (χ0v) is 17.8. The molecule has 0 radical (unpaired) electrons. The van der Waals surface area contributed by atoms with Crippen LogP contribution in [0.15, 0.2) is 18.2 Å². The van der Waals surface area contributed by atoms with E-state index in [4.69, 9.17) is 23.2 Å². The highest BCUT2D eigenvalue weighted by Gasteiger charge is 2.53. The Morgan fingerprint density at radius 1 is 1.00 bits per heavy atom. The molecule has 152 valence electrons. The van der Waals surface area contributed by atoms with E-state index in [9.17, 15) is 4.79 Å². The predicted molar refractivity (Wildman–Crippen MR) is 114 cm³/mol. The Balaban J connectivity index is 1.16. The monoisotopic (exact) mass is 421 g/mol. The zero-order valence-electron chi connectivity index (χ0n) is 16.3. The maximum absolute atomic E-state index is 12.5. The lowest BCUT2D eigenvalue weighted by atomic mass is 9.52. The van der Waals surface area contributed by atoms with Crippen LogP contribution in [-0.4, -0.2) is 54.0 Å². The van der Waals surface area contributed by atoms with E-state index >= 15 is 0 Å². The van der Waals surface area contributed by atoms with Crippen molar-refractivity contribution in [3.05, 3.63) is 28.2 Å². The molecule has 5 fully saturated rings. The summed E-state index contributed by atoms with van der Waals surface area (Å²) in [5.74, 6) is 2.93. The molecule has 1 aliphatic heterocycles. The average molecular weight is 422 g/mol. The van der Waals surface area contributed by atoms with Crippen LogP contribution in [-0.2, 0) is 4.79 Å². The highest BCUT2D eigenvalue weighted by molar-refractivity contribution is 6.35. The summed E-state index contributed by atoms with van der Waals surface area (Å²) in [5.41, 5.74) is 1.07. The predicted octanol–water partition coefficient (Wildman–Crippen LogP) is 4.52. The topological polar surface area (TPSA) is 35.6 Å². The number of anilines is 1. The van der Waals surface area contributed by atoms with E-state index in [2.05, 4.69) is 15.1 Å². The first-order chi connectivity index (χ1) is 13.5. The standard InChI is InChI=1S/C22H29Cl2N3O/c23-18-1-2-19(24)20(10-18)25-21(28)14-26-3-5-27(6-4-26)22-11-15-7-16(12-22)9-17(8-15)13-22/h1-2,10,15-17H,3-9,11-14H2,(H,25,28). The van der Waals surface area contributed by atoms with E-state index in [1.165, 1.54) is 38.5 Å². The second-order valence-electron chi connectivity index (χ2n) is 9.58. The molecule has 6 rings (SSSR count). The Hall–Kier alpha value is -0.810. The van der Waals surface area contributed by atoms with E-state index in [1.807, 2.05) is 0 Å². The van der Waals surface area contributed by atoms with Crippen molar-refractivity contribution in [3.8, 4) is 0 Å². The lowest BCUT2D eigenvalue weighted by Gasteiger charge is -2.61. The summed E-state index contributed by atoms with van der Waals surface area (Å²) < 4.78 is 0. The molecule has 4 nitrogen and oxygen atoms in total. The van der Waals surface area contributed by atoms with Crippen LogP contribution in [0.2, 0.25) is 10.0 Å². The summed E-state index contributed by atoms with van der Waals surface area (Å²) in [5, 5.41) is 4.00. The number of hydrogen-bond acceptors (Lipinski definition) is 3. The van der Waals surface area contributed by atoms with Gasteiger partial charge in [0.25, 0.3) is 0 Å². The van der Waals surface area contributed by atoms with E-state index in [1.54, 1.807) is 18.2 Å². The molecule has 1 saturated heterocycles. The van der Waals surface area contributed by atoms with Crippen LogP contribution in [0.3, 0.4) is 0 Å². The van der Waals surface area contributed by atoms with Gasteiger partial charge in [-0.3, -0.25) is 14.6 Å². The largest absolute Gasteiger partial charge is 0.324 e. The second kappa shape index (κ2) is 7.46. The molecular weight excluding hydrogens is 393 g/mol. The molecule has 1 N–H and O–H groups in total. The van der Waals surface area contributed by atoms with Crippen molar-refractivity contribution in [1.29, 1.82) is 0 Å². The molecule has 0 unspecified atom stereocenters. The first-order valence-electron chi connectivity index (χ1n) is 10.7. The summed E-state index contributed by atoms with van der Waals surface area (Å²) in [6.07, 6.45) is 8.74. The van der Waals surface area contributed by atoms with Gasteiger partial charge in [-0.1, -0.05) is 23.2 Å². The van der Waals surface area contributed by atoms with Gasteiger partial charge in [0.2, 0.25) is 5.91 Å². The molecule has 4 bridgehead atoms. The first kappa shape index (κ1) is 19.2. The summed E-state index contributed by atoms with van der Waals surface area (Å²) in [4.78, 5) is 17.5. The molecule has 6 heteroatoms. The van der Waals surface area contributed by atoms with E-state index in [0.717, 1.165) is 43.9 Å². The third kappa shape index (κ3) is 3.69. The summed E-state index contributed by atoms with van der Waals surface area (Å²) in [6.45, 7) is 4.54. The Morgan fingerprint density at radius 2 is 1.61 bits per heavy atom. The fraction of sp³-hybridized carbons (Fsp3) is 0.682. The average Bonchev–Trinajstić information content (AvgIpc) is 2.64. The molecule has 5 aliphatic rings. The molecule has 4 aliphatic carbocycles. The van der Waals surface area contributed by atoms with E-state index in [-0.39, 0.29) is 5.91 Å². The highest BCUT2D eigenvalue weighted by atomic mass is 35.5. The van der Waals surface area contributed by atoms with Crippen molar-refractivity contribution in [1.82, 2.24) is 9.80 Å². The van der Waals surface area contributed by atoms with Gasteiger partial charge in [-0.2, -0.15) is 0 Å². The van der Waals surface area contributed by atoms with Gasteiger partial charge in [-0.05, 0) is 74.5 Å². The summed E-state index contributed by atoms with van der Waals surface area (Å²) >= 11 is 12.2. The van der Waals surface area contributed by atoms with Crippen molar-refractivity contribution in [2.24, 2.45) is 17.8 Å². The van der Waals surface area contributed by atoms with Gasteiger partial charge in [0.15, 0.2) is 0 Å². The minimum Gasteiger partial charge on any atom is -0.324 e. The number of nitrogens with zero attached hydrogens (tertiary/aromatic N) is 2. The van der Waals surface area contributed by atoms with Gasteiger partial charge in [0.05, 0.1) is 17.3 Å². The van der Waals surface area contributed by atoms with Gasteiger partial charge in [0.1, 0.15) is 0 Å². The van der Waals surface area contributed by atoms with Crippen molar-refractivity contribution in [2.75, 3.05) is 38.0 Å². The quantitative estimate of drug-likeness (QED) is 0.775. The van der Waals surface area contributed by atoms with Crippen molar-refractivity contribution < 1.29 is 4.79 Å². The maximum atomic E-state index is 12.5. The number of carbonyl (C=O) groups is 1. The Labute approximate surface area is 177 Å². The van der Waals surface area contributed by atoms with Crippen LogP contribution in [0.1, 0.15) is 38.5 Å². The highest BCUT2D eigenvalue weighted by Crippen LogP contribution is 2.57. The van der Waals surface area contributed by atoms with Crippen LogP contribution >= 0.6 is 23.2 Å². The molecular formula is C22H29Cl2N3O. The number of benzene rings is 1. The van der Waals surface area contributed by atoms with Crippen molar-refractivity contribution in [2.45, 2.75) is 44.1 Å². The Bertz CT molecular complexity index is 725. The number of piperazine rings is 1. The number of amides is 1. The van der Waals surface area contributed by atoms with Crippen LogP contribution in [0, 0.1) is 17.8 Å². The lowest BCUT2D eigenvalue weighted by Crippen LogP contribution is -2.64. The van der Waals surface area contributed by atoms with Crippen LogP contribution in [0.25, 0.3) is 0 Å². The Kier molecular flexibility index (Phi) is 5.11. The molecule has 1 amide bonds. The van der Waals surface area contributed by atoms with Crippen molar-refractivity contribution in [3.63, 3.8) is 0 Å². The first-order valence-corrected chi connectivity index (χ1v) is 11.5. The molecule has 1 aromatic rings. The molecule has 28 heavy (non-hydrogen) atoms. The van der Waals surface area contributed by atoms with Crippen LogP contribution in [0.5, 0.6) is 0 Å². The molecule has 1 aromatic carbocycles. The van der Waals surface area contributed by atoms with Gasteiger partial charge >= 0.3 is 0 Å². The summed E-state index contributed by atoms with van der Waals surface area (Å²) in [6, 6.07) is 5.14. The van der Waals surface area contributed by atoms with Crippen molar-refractivity contribution >= 4 is 34.8 Å². The minimum atomic E-state index is -0.0209. The second-order valence-corrected chi connectivity index (χ2v) is 10.4. The molecule has 0 aromatic heterocycles. The maximum Gasteiger partial charge on any atom is 0.238 e. The molecule has 4 saturated carbocycles.